The van der Waals surface area contributed by atoms with E-state index in [0.717, 1.165) is 0 Å². The smallest absolute Gasteiger partial charge is 0.391 e. The van der Waals surface area contributed by atoms with Gasteiger partial charge in [-0.3, -0.25) is 0 Å². The summed E-state index contributed by atoms with van der Waals surface area (Å²) in [6.45, 7) is 0. The summed E-state index contributed by atoms with van der Waals surface area (Å²) in [5.74, 6) is 0. The first-order valence-electron chi connectivity index (χ1n) is 2.62. The SMILES string of the molecule is CO[SiH](CC(F)(F)F)OC. The molecule has 0 aromatic heterocycles. The monoisotopic (exact) mass is 174 g/mol. The van der Waals surface area contributed by atoms with Crippen molar-refractivity contribution in [2.24, 2.45) is 0 Å². The molecule has 0 fully saturated rings. The second kappa shape index (κ2) is 3.94. The molecule has 0 aliphatic rings. The number of halogens is 3. The van der Waals surface area contributed by atoms with Crippen LogP contribution in [-0.2, 0) is 8.85 Å². The summed E-state index contributed by atoms with van der Waals surface area (Å²) in [4.78, 5) is 0. The highest BCUT2D eigenvalue weighted by atomic mass is 28.3. The summed E-state index contributed by atoms with van der Waals surface area (Å²) in [5.41, 5.74) is 0. The van der Waals surface area contributed by atoms with Gasteiger partial charge in [0.05, 0.1) is 6.04 Å². The van der Waals surface area contributed by atoms with E-state index in [4.69, 9.17) is 0 Å². The van der Waals surface area contributed by atoms with Crippen molar-refractivity contribution in [3.8, 4) is 0 Å². The molecule has 0 aliphatic heterocycles. The van der Waals surface area contributed by atoms with Crippen LogP contribution in [-0.4, -0.2) is 29.7 Å². The summed E-state index contributed by atoms with van der Waals surface area (Å²) in [6.07, 6.45) is -4.16. The highest BCUT2D eigenvalue weighted by Gasteiger charge is 2.33. The van der Waals surface area contributed by atoms with E-state index in [1.165, 1.54) is 14.2 Å². The lowest BCUT2D eigenvalue weighted by atomic mass is 10.8. The Morgan fingerprint density at radius 1 is 1.20 bits per heavy atom. The standard InChI is InChI=1S/C4H9F3O2Si/c1-8-10(9-2)3-4(5,6)7/h10H,3H2,1-2H3. The first-order valence-corrected chi connectivity index (χ1v) is 4.38. The van der Waals surface area contributed by atoms with Crippen molar-refractivity contribution < 1.29 is 22.0 Å². The van der Waals surface area contributed by atoms with Crippen LogP contribution in [0.25, 0.3) is 0 Å². The molecule has 2 nitrogen and oxygen atoms in total. The molecule has 0 aliphatic carbocycles. The highest BCUT2D eigenvalue weighted by molar-refractivity contribution is 6.44. The lowest BCUT2D eigenvalue weighted by molar-refractivity contribution is -0.114. The van der Waals surface area contributed by atoms with Crippen molar-refractivity contribution in [2.75, 3.05) is 14.2 Å². The molecule has 0 N–H and O–H groups in total. The van der Waals surface area contributed by atoms with Gasteiger partial charge in [-0.05, 0) is 0 Å². The van der Waals surface area contributed by atoms with Crippen LogP contribution in [0.4, 0.5) is 13.2 Å². The Kier molecular flexibility index (Phi) is 3.91. The maximum Gasteiger partial charge on any atom is 0.391 e. The molecule has 0 amide bonds. The predicted octanol–water partition coefficient (Wildman–Crippen LogP) is 1.06. The van der Waals surface area contributed by atoms with Gasteiger partial charge in [-0.25, -0.2) is 0 Å². The Labute approximate surface area is 58.8 Å². The van der Waals surface area contributed by atoms with Gasteiger partial charge in [0.1, 0.15) is 0 Å². The van der Waals surface area contributed by atoms with Crippen molar-refractivity contribution in [1.82, 2.24) is 0 Å². The zero-order valence-corrected chi connectivity index (χ0v) is 6.89. The van der Waals surface area contributed by atoms with Crippen LogP contribution in [0.2, 0.25) is 6.04 Å². The lowest BCUT2D eigenvalue weighted by Crippen LogP contribution is -2.26. The topological polar surface area (TPSA) is 18.5 Å². The number of rotatable bonds is 3. The molecule has 0 saturated heterocycles. The molecule has 0 atom stereocenters. The molecule has 62 valence electrons. The van der Waals surface area contributed by atoms with Crippen molar-refractivity contribution in [3.63, 3.8) is 0 Å². The summed E-state index contributed by atoms with van der Waals surface area (Å²) >= 11 is 0. The molecule has 10 heavy (non-hydrogen) atoms. The van der Waals surface area contributed by atoms with Crippen molar-refractivity contribution in [2.45, 2.75) is 12.2 Å². The third-order valence-electron chi connectivity index (χ3n) is 0.924. The Bertz CT molecular complexity index is 91.0. The summed E-state index contributed by atoms with van der Waals surface area (Å²) in [5, 5.41) is 0. The van der Waals surface area contributed by atoms with Crippen LogP contribution < -0.4 is 0 Å². The van der Waals surface area contributed by atoms with Gasteiger partial charge in [-0.2, -0.15) is 13.2 Å². The third-order valence-corrected chi connectivity index (χ3v) is 2.77. The maximum atomic E-state index is 11.6. The second-order valence-electron chi connectivity index (χ2n) is 1.72. The van der Waals surface area contributed by atoms with Crippen LogP contribution >= 0.6 is 0 Å². The molecule has 0 rings (SSSR count). The van der Waals surface area contributed by atoms with E-state index in [2.05, 4.69) is 8.85 Å². The molecule has 0 radical (unpaired) electrons. The quantitative estimate of drug-likeness (QED) is 0.596. The Hall–Kier alpha value is -0.0731. The van der Waals surface area contributed by atoms with E-state index < -0.39 is 21.5 Å². The van der Waals surface area contributed by atoms with E-state index in [1.54, 1.807) is 0 Å². The zero-order chi connectivity index (χ0) is 8.20. The fraction of sp³-hybridized carbons (Fsp3) is 1.00. The van der Waals surface area contributed by atoms with E-state index >= 15 is 0 Å². The van der Waals surface area contributed by atoms with Gasteiger partial charge < -0.3 is 8.85 Å². The van der Waals surface area contributed by atoms with E-state index in [0.29, 0.717) is 0 Å². The number of alkyl halides is 3. The second-order valence-corrected chi connectivity index (χ2v) is 3.93. The molecule has 0 unspecified atom stereocenters. The summed E-state index contributed by atoms with van der Waals surface area (Å²) in [6, 6.07) is -0.931. The minimum absolute atomic E-state index is 0.931. The first-order chi connectivity index (χ1) is 4.49. The molecular weight excluding hydrogens is 165 g/mol. The summed E-state index contributed by atoms with van der Waals surface area (Å²) in [7, 11) is 0.0145. The van der Waals surface area contributed by atoms with Crippen molar-refractivity contribution in [3.05, 3.63) is 0 Å². The minimum atomic E-state index is -4.16. The number of hydrogen-bond acceptors (Lipinski definition) is 2. The molecule has 0 saturated carbocycles. The first kappa shape index (κ1) is 9.93. The molecule has 0 bridgehead atoms. The van der Waals surface area contributed by atoms with Crippen LogP contribution in [0.5, 0.6) is 0 Å². The van der Waals surface area contributed by atoms with E-state index in [9.17, 15) is 13.2 Å². The molecule has 0 spiro atoms. The average Bonchev–Trinajstić information content (AvgIpc) is 1.81. The molecule has 6 heteroatoms. The Morgan fingerprint density at radius 3 is 1.70 bits per heavy atom. The van der Waals surface area contributed by atoms with Gasteiger partial charge in [0.25, 0.3) is 0 Å². The molecule has 0 heterocycles. The molecular formula is C4H9F3O2Si. The average molecular weight is 174 g/mol. The van der Waals surface area contributed by atoms with Gasteiger partial charge in [0.15, 0.2) is 0 Å². The number of hydrogen-bond donors (Lipinski definition) is 0. The van der Waals surface area contributed by atoms with Crippen molar-refractivity contribution >= 4 is 9.28 Å². The fourth-order valence-electron chi connectivity index (χ4n) is 0.452. The van der Waals surface area contributed by atoms with Crippen LogP contribution in [0.3, 0.4) is 0 Å². The maximum absolute atomic E-state index is 11.6. The van der Waals surface area contributed by atoms with Crippen LogP contribution in [0.15, 0.2) is 0 Å². The van der Waals surface area contributed by atoms with Gasteiger partial charge >= 0.3 is 15.5 Å². The largest absolute Gasteiger partial charge is 0.400 e. The summed E-state index contributed by atoms with van der Waals surface area (Å²) < 4.78 is 43.6. The third kappa shape index (κ3) is 4.77. The normalized spacial score (nSPS) is 12.6. The van der Waals surface area contributed by atoms with Crippen LogP contribution in [0, 0.1) is 0 Å². The molecule has 0 aromatic carbocycles. The van der Waals surface area contributed by atoms with Crippen molar-refractivity contribution in [1.29, 1.82) is 0 Å². The van der Waals surface area contributed by atoms with Crippen LogP contribution in [0.1, 0.15) is 0 Å². The van der Waals surface area contributed by atoms with Gasteiger partial charge in [0, 0.05) is 14.2 Å². The van der Waals surface area contributed by atoms with E-state index in [1.807, 2.05) is 0 Å². The fourth-order valence-corrected chi connectivity index (χ4v) is 1.36. The Balaban J connectivity index is 3.63. The van der Waals surface area contributed by atoms with Gasteiger partial charge in [-0.15, -0.1) is 0 Å². The Morgan fingerprint density at radius 2 is 1.60 bits per heavy atom. The zero-order valence-electron chi connectivity index (χ0n) is 5.73. The molecule has 0 aromatic rings. The van der Waals surface area contributed by atoms with Gasteiger partial charge in [-0.1, -0.05) is 0 Å². The van der Waals surface area contributed by atoms with E-state index in [-0.39, 0.29) is 0 Å². The van der Waals surface area contributed by atoms with Gasteiger partial charge in [0.2, 0.25) is 0 Å². The predicted molar refractivity (Wildman–Crippen MR) is 32.0 cm³/mol. The lowest BCUT2D eigenvalue weighted by Gasteiger charge is -2.12. The minimum Gasteiger partial charge on any atom is -0.400 e. The highest BCUT2D eigenvalue weighted by Crippen LogP contribution is 2.22.